The monoisotopic (exact) mass is 384 g/mol. The number of benzene rings is 1. The first kappa shape index (κ1) is 16.6. The quantitative estimate of drug-likeness (QED) is 0.712. The van der Waals surface area contributed by atoms with Crippen molar-refractivity contribution < 1.29 is 8.42 Å². The van der Waals surface area contributed by atoms with Gasteiger partial charge in [-0.05, 0) is 30.5 Å². The van der Waals surface area contributed by atoms with Gasteiger partial charge in [0, 0.05) is 11.4 Å². The number of thiazole rings is 1. The summed E-state index contributed by atoms with van der Waals surface area (Å²) in [6.07, 6.45) is 0. The van der Waals surface area contributed by atoms with Gasteiger partial charge in [0.15, 0.2) is 0 Å². The number of nitrogens with zero attached hydrogens (tertiary/aromatic N) is 1. The van der Waals surface area contributed by atoms with Gasteiger partial charge in [-0.15, -0.1) is 22.7 Å². The van der Waals surface area contributed by atoms with Crippen LogP contribution in [0.2, 0.25) is 5.02 Å². The molecule has 23 heavy (non-hydrogen) atoms. The number of rotatable bonds is 5. The van der Waals surface area contributed by atoms with Crippen molar-refractivity contribution >= 4 is 44.3 Å². The lowest BCUT2D eigenvalue weighted by molar-refractivity contribution is 0.581. The van der Waals surface area contributed by atoms with Crippen molar-refractivity contribution in [2.24, 2.45) is 0 Å². The number of hydrogen-bond donors (Lipinski definition) is 1. The molecule has 0 bridgehead atoms. The number of thiophene rings is 1. The molecule has 0 aliphatic rings. The summed E-state index contributed by atoms with van der Waals surface area (Å²) in [4.78, 5) is 6.57. The molecule has 0 saturated heterocycles. The van der Waals surface area contributed by atoms with Gasteiger partial charge in [0.25, 0.3) is 0 Å². The van der Waals surface area contributed by atoms with Crippen molar-refractivity contribution in [3.63, 3.8) is 0 Å². The zero-order valence-electron chi connectivity index (χ0n) is 12.1. The molecule has 3 rings (SSSR count). The van der Waals surface area contributed by atoms with Gasteiger partial charge in [0.1, 0.15) is 9.90 Å². The Hall–Kier alpha value is -1.25. The third-order valence-corrected chi connectivity index (χ3v) is 7.27. The first-order chi connectivity index (χ1) is 11.0. The fourth-order valence-corrected chi connectivity index (χ4v) is 5.40. The van der Waals surface area contributed by atoms with Crippen molar-refractivity contribution in [1.82, 2.24) is 9.71 Å². The highest BCUT2D eigenvalue weighted by Crippen LogP contribution is 2.31. The molecule has 0 atom stereocenters. The van der Waals surface area contributed by atoms with Crippen LogP contribution in [0.4, 0.5) is 0 Å². The average Bonchev–Trinajstić information content (AvgIpc) is 3.15. The zero-order valence-corrected chi connectivity index (χ0v) is 15.3. The largest absolute Gasteiger partial charge is 0.242 e. The van der Waals surface area contributed by atoms with Crippen molar-refractivity contribution in [3.05, 3.63) is 57.4 Å². The molecule has 0 radical (unpaired) electrons. The minimum atomic E-state index is -3.65. The van der Waals surface area contributed by atoms with Crippen LogP contribution >= 0.6 is 34.3 Å². The molecule has 0 fully saturated rings. The maximum absolute atomic E-state index is 12.4. The molecule has 120 valence electrons. The number of hydrogen-bond acceptors (Lipinski definition) is 5. The Morgan fingerprint density at radius 1 is 1.22 bits per heavy atom. The standard InChI is InChI=1S/C15H13ClN2O2S3/c1-10-13(22-15(18-10)12-6-4-8-21-12)9-17-23(19,20)14-7-3-2-5-11(14)16/h2-8,17H,9H2,1H3. The number of sulfonamides is 1. The number of nitrogens with one attached hydrogen (secondary N) is 1. The van der Waals surface area contributed by atoms with E-state index < -0.39 is 10.0 Å². The lowest BCUT2D eigenvalue weighted by atomic mass is 10.4. The average molecular weight is 385 g/mol. The minimum Gasteiger partial charge on any atom is -0.240 e. The Balaban J connectivity index is 1.80. The highest BCUT2D eigenvalue weighted by molar-refractivity contribution is 7.89. The van der Waals surface area contributed by atoms with Gasteiger partial charge in [0.2, 0.25) is 10.0 Å². The summed E-state index contributed by atoms with van der Waals surface area (Å²) < 4.78 is 27.3. The van der Waals surface area contributed by atoms with E-state index in [4.69, 9.17) is 11.6 Å². The van der Waals surface area contributed by atoms with E-state index in [1.807, 2.05) is 24.4 Å². The number of aryl methyl sites for hydroxylation is 1. The molecule has 0 unspecified atom stereocenters. The SMILES string of the molecule is Cc1nc(-c2cccs2)sc1CNS(=O)(=O)c1ccccc1Cl. The highest BCUT2D eigenvalue weighted by atomic mass is 35.5. The van der Waals surface area contributed by atoms with Gasteiger partial charge < -0.3 is 0 Å². The van der Waals surface area contributed by atoms with Crippen LogP contribution in [-0.2, 0) is 16.6 Å². The molecule has 1 N–H and O–H groups in total. The Bertz CT molecular complexity index is 918. The summed E-state index contributed by atoms with van der Waals surface area (Å²) in [6.45, 7) is 2.08. The van der Waals surface area contributed by atoms with Crippen molar-refractivity contribution in [3.8, 4) is 9.88 Å². The second-order valence-corrected chi connectivity index (χ2v) is 8.93. The first-order valence-corrected chi connectivity index (χ1v) is 10.3. The van der Waals surface area contributed by atoms with E-state index in [1.165, 1.54) is 17.4 Å². The first-order valence-electron chi connectivity index (χ1n) is 6.72. The zero-order chi connectivity index (χ0) is 16.4. The van der Waals surface area contributed by atoms with Gasteiger partial charge in [-0.3, -0.25) is 0 Å². The molecule has 0 aliphatic carbocycles. The summed E-state index contributed by atoms with van der Waals surface area (Å²) in [6, 6.07) is 10.4. The maximum Gasteiger partial charge on any atom is 0.242 e. The van der Waals surface area contributed by atoms with Crippen LogP contribution in [0, 0.1) is 6.92 Å². The van der Waals surface area contributed by atoms with Gasteiger partial charge in [-0.25, -0.2) is 18.1 Å². The maximum atomic E-state index is 12.4. The molecule has 3 aromatic rings. The fraction of sp³-hybridized carbons (Fsp3) is 0.133. The molecule has 2 aromatic heterocycles. The van der Waals surface area contributed by atoms with Gasteiger partial charge >= 0.3 is 0 Å². The third kappa shape index (κ3) is 3.64. The summed E-state index contributed by atoms with van der Waals surface area (Å²) in [5.74, 6) is 0. The normalized spacial score (nSPS) is 11.7. The second kappa shape index (κ2) is 6.70. The van der Waals surface area contributed by atoms with Gasteiger partial charge in [0.05, 0.1) is 15.6 Å². The summed E-state index contributed by atoms with van der Waals surface area (Å²) in [7, 11) is -3.65. The Labute approximate surface area is 147 Å². The van der Waals surface area contributed by atoms with E-state index >= 15 is 0 Å². The van der Waals surface area contributed by atoms with E-state index in [0.29, 0.717) is 0 Å². The molecule has 8 heteroatoms. The highest BCUT2D eigenvalue weighted by Gasteiger charge is 2.18. The van der Waals surface area contributed by atoms with E-state index in [2.05, 4.69) is 9.71 Å². The molecular formula is C15H13ClN2O2S3. The van der Waals surface area contributed by atoms with Crippen LogP contribution in [0.3, 0.4) is 0 Å². The van der Waals surface area contributed by atoms with Crippen LogP contribution in [0.25, 0.3) is 9.88 Å². The second-order valence-electron chi connectivity index (χ2n) is 4.76. The van der Waals surface area contributed by atoms with Crippen LogP contribution in [-0.4, -0.2) is 13.4 Å². The summed E-state index contributed by atoms with van der Waals surface area (Å²) >= 11 is 9.07. The van der Waals surface area contributed by atoms with Crippen LogP contribution in [0.1, 0.15) is 10.6 Å². The van der Waals surface area contributed by atoms with Gasteiger partial charge in [-0.1, -0.05) is 29.8 Å². The van der Waals surface area contributed by atoms with Gasteiger partial charge in [-0.2, -0.15) is 0 Å². The predicted molar refractivity (Wildman–Crippen MR) is 95.6 cm³/mol. The van der Waals surface area contributed by atoms with Crippen LogP contribution < -0.4 is 4.72 Å². The lowest BCUT2D eigenvalue weighted by Crippen LogP contribution is -2.23. The molecule has 0 saturated carbocycles. The molecule has 0 amide bonds. The summed E-state index contributed by atoms with van der Waals surface area (Å²) in [5, 5.41) is 3.11. The topological polar surface area (TPSA) is 59.1 Å². The van der Waals surface area contributed by atoms with E-state index in [9.17, 15) is 8.42 Å². The Morgan fingerprint density at radius 3 is 2.70 bits per heavy atom. The fourth-order valence-electron chi connectivity index (χ4n) is 2.00. The van der Waals surface area contributed by atoms with E-state index in [0.717, 1.165) is 20.5 Å². The van der Waals surface area contributed by atoms with E-state index in [1.54, 1.807) is 29.5 Å². The number of halogens is 1. The molecular weight excluding hydrogens is 372 g/mol. The smallest absolute Gasteiger partial charge is 0.240 e. The molecule has 4 nitrogen and oxygen atoms in total. The molecule has 2 heterocycles. The Morgan fingerprint density at radius 2 is 2.00 bits per heavy atom. The minimum absolute atomic E-state index is 0.0855. The predicted octanol–water partition coefficient (Wildman–Crippen LogP) is 4.31. The third-order valence-electron chi connectivity index (χ3n) is 3.17. The molecule has 1 aromatic carbocycles. The van der Waals surface area contributed by atoms with Crippen LogP contribution in [0.5, 0.6) is 0 Å². The van der Waals surface area contributed by atoms with Crippen molar-refractivity contribution in [2.75, 3.05) is 0 Å². The van der Waals surface area contributed by atoms with Crippen LogP contribution in [0.15, 0.2) is 46.7 Å². The molecule has 0 spiro atoms. The molecule has 0 aliphatic heterocycles. The Kier molecular flexibility index (Phi) is 4.84. The van der Waals surface area contributed by atoms with Crippen molar-refractivity contribution in [1.29, 1.82) is 0 Å². The number of aromatic nitrogens is 1. The van der Waals surface area contributed by atoms with Crippen molar-refractivity contribution in [2.45, 2.75) is 18.4 Å². The van der Waals surface area contributed by atoms with E-state index in [-0.39, 0.29) is 16.5 Å². The summed E-state index contributed by atoms with van der Waals surface area (Å²) in [5.41, 5.74) is 0.834. The lowest BCUT2D eigenvalue weighted by Gasteiger charge is -2.07.